The van der Waals surface area contributed by atoms with E-state index < -0.39 is 15.7 Å². The first-order chi connectivity index (χ1) is 7.29. The number of hydrogen-bond acceptors (Lipinski definition) is 3. The molecule has 0 unspecified atom stereocenters. The highest BCUT2D eigenvalue weighted by molar-refractivity contribution is 7.90. The number of carbonyl (C=O) groups excluding carboxylic acids is 1. The molecule has 0 atom stereocenters. The van der Waals surface area contributed by atoms with E-state index in [1.807, 2.05) is 0 Å². The van der Waals surface area contributed by atoms with Crippen molar-refractivity contribution in [1.82, 2.24) is 0 Å². The lowest BCUT2D eigenvalue weighted by atomic mass is 10.1. The molecule has 1 aromatic rings. The molecule has 16 heavy (non-hydrogen) atoms. The summed E-state index contributed by atoms with van der Waals surface area (Å²) in [5.41, 5.74) is 0.673. The fourth-order valence-electron chi connectivity index (χ4n) is 1.19. The zero-order valence-corrected chi connectivity index (χ0v) is 9.97. The second-order valence-corrected chi connectivity index (χ2v) is 6.03. The Bertz CT molecular complexity index is 506. The molecule has 1 rings (SSSR count). The Morgan fingerprint density at radius 2 is 2.00 bits per heavy atom. The second kappa shape index (κ2) is 4.74. The van der Waals surface area contributed by atoms with Crippen molar-refractivity contribution in [1.29, 1.82) is 0 Å². The number of Topliss-reactive ketones (excluding diaryl/α,β-unsaturated/α-hetero) is 1. The quantitative estimate of drug-likeness (QED) is 0.758. The fraction of sp³-hybridized carbons (Fsp3) is 0.364. The van der Waals surface area contributed by atoms with Crippen LogP contribution in [0.1, 0.15) is 22.3 Å². The van der Waals surface area contributed by atoms with Crippen LogP contribution in [0.15, 0.2) is 18.2 Å². The largest absolute Gasteiger partial charge is 0.294 e. The Hall–Kier alpha value is -1.23. The molecule has 3 nitrogen and oxygen atoms in total. The monoisotopic (exact) mass is 244 g/mol. The Kier molecular flexibility index (Phi) is 3.80. The van der Waals surface area contributed by atoms with Crippen LogP contribution in [0.5, 0.6) is 0 Å². The highest BCUT2D eigenvalue weighted by atomic mass is 32.2. The molecule has 5 heteroatoms. The lowest BCUT2D eigenvalue weighted by Crippen LogP contribution is -2.09. The van der Waals surface area contributed by atoms with Crippen molar-refractivity contribution in [3.8, 4) is 0 Å². The van der Waals surface area contributed by atoms with E-state index in [0.717, 1.165) is 12.3 Å². The summed E-state index contributed by atoms with van der Waals surface area (Å²) in [5, 5.41) is 0. The van der Waals surface area contributed by atoms with E-state index in [-0.39, 0.29) is 23.5 Å². The van der Waals surface area contributed by atoms with Gasteiger partial charge in [-0.3, -0.25) is 4.79 Å². The number of rotatable bonds is 4. The third-order valence-electron chi connectivity index (χ3n) is 2.19. The van der Waals surface area contributed by atoms with Gasteiger partial charge in [-0.1, -0.05) is 12.1 Å². The van der Waals surface area contributed by atoms with E-state index in [1.165, 1.54) is 12.1 Å². The number of carbonyl (C=O) groups is 1. The van der Waals surface area contributed by atoms with Crippen LogP contribution >= 0.6 is 0 Å². The van der Waals surface area contributed by atoms with Gasteiger partial charge in [0.05, 0.1) is 5.75 Å². The van der Waals surface area contributed by atoms with Crippen molar-refractivity contribution >= 4 is 15.6 Å². The van der Waals surface area contributed by atoms with Gasteiger partial charge in [-0.15, -0.1) is 0 Å². The van der Waals surface area contributed by atoms with Crippen molar-refractivity contribution < 1.29 is 17.6 Å². The van der Waals surface area contributed by atoms with Crippen molar-refractivity contribution in [2.45, 2.75) is 13.3 Å². The molecule has 1 aromatic carbocycles. The third-order valence-corrected chi connectivity index (χ3v) is 3.14. The van der Waals surface area contributed by atoms with Gasteiger partial charge in [0.15, 0.2) is 5.78 Å². The van der Waals surface area contributed by atoms with Gasteiger partial charge in [0, 0.05) is 18.2 Å². The molecule has 0 aliphatic rings. The summed E-state index contributed by atoms with van der Waals surface area (Å²) < 4.78 is 34.9. The van der Waals surface area contributed by atoms with Crippen LogP contribution < -0.4 is 0 Å². The summed E-state index contributed by atoms with van der Waals surface area (Å²) >= 11 is 0. The van der Waals surface area contributed by atoms with Crippen LogP contribution in [0.4, 0.5) is 4.39 Å². The predicted octanol–water partition coefficient (Wildman–Crippen LogP) is 1.75. The zero-order chi connectivity index (χ0) is 12.3. The average Bonchev–Trinajstić information content (AvgIpc) is 2.17. The molecule has 0 bridgehead atoms. The van der Waals surface area contributed by atoms with Gasteiger partial charge < -0.3 is 0 Å². The summed E-state index contributed by atoms with van der Waals surface area (Å²) in [6.07, 6.45) is 0.956. The molecule has 88 valence electrons. The summed E-state index contributed by atoms with van der Waals surface area (Å²) in [6, 6.07) is 4.14. The normalized spacial score (nSPS) is 11.4. The number of halogens is 1. The Morgan fingerprint density at radius 1 is 1.38 bits per heavy atom. The number of aryl methyl sites for hydroxylation is 1. The molecule has 0 aliphatic heterocycles. The molecule has 0 saturated heterocycles. The Labute approximate surface area is 94.2 Å². The Balaban J connectivity index is 2.78. The molecule has 0 saturated carbocycles. The minimum absolute atomic E-state index is 0.110. The van der Waals surface area contributed by atoms with E-state index in [2.05, 4.69) is 0 Å². The summed E-state index contributed by atoms with van der Waals surface area (Å²) in [4.78, 5) is 11.5. The maximum absolute atomic E-state index is 13.1. The van der Waals surface area contributed by atoms with Crippen molar-refractivity contribution in [3.05, 3.63) is 35.1 Å². The molecule has 0 N–H and O–H groups in total. The standard InChI is InChI=1S/C11H13FO3S/c1-8-3-4-9(7-10(8)12)11(13)5-6-16(2,14)15/h3-4,7H,5-6H2,1-2H3. The van der Waals surface area contributed by atoms with Crippen molar-refractivity contribution in [3.63, 3.8) is 0 Å². The lowest BCUT2D eigenvalue weighted by Gasteiger charge is -2.02. The molecule has 0 spiro atoms. The molecule has 0 fully saturated rings. The van der Waals surface area contributed by atoms with E-state index in [1.54, 1.807) is 6.92 Å². The molecule has 0 aromatic heterocycles. The van der Waals surface area contributed by atoms with Crippen LogP contribution in [0.25, 0.3) is 0 Å². The predicted molar refractivity (Wildman–Crippen MR) is 59.8 cm³/mol. The van der Waals surface area contributed by atoms with Crippen LogP contribution in [-0.4, -0.2) is 26.2 Å². The topological polar surface area (TPSA) is 51.2 Å². The fourth-order valence-corrected chi connectivity index (χ4v) is 1.74. The number of hydrogen-bond donors (Lipinski definition) is 0. The molecular weight excluding hydrogens is 231 g/mol. The van der Waals surface area contributed by atoms with Gasteiger partial charge >= 0.3 is 0 Å². The minimum atomic E-state index is -3.16. The SMILES string of the molecule is Cc1ccc(C(=O)CCS(C)(=O)=O)cc1F. The maximum atomic E-state index is 13.1. The van der Waals surface area contributed by atoms with E-state index in [4.69, 9.17) is 0 Å². The first kappa shape index (κ1) is 12.8. The van der Waals surface area contributed by atoms with Crippen LogP contribution in [0, 0.1) is 12.7 Å². The van der Waals surface area contributed by atoms with E-state index >= 15 is 0 Å². The third kappa shape index (κ3) is 3.73. The van der Waals surface area contributed by atoms with Gasteiger partial charge in [-0.25, -0.2) is 12.8 Å². The van der Waals surface area contributed by atoms with Crippen LogP contribution in [0.2, 0.25) is 0 Å². The van der Waals surface area contributed by atoms with Crippen molar-refractivity contribution in [2.75, 3.05) is 12.0 Å². The Morgan fingerprint density at radius 3 is 2.50 bits per heavy atom. The van der Waals surface area contributed by atoms with Crippen LogP contribution in [0.3, 0.4) is 0 Å². The first-order valence-corrected chi connectivity index (χ1v) is 6.83. The van der Waals surface area contributed by atoms with Gasteiger partial charge in [-0.05, 0) is 18.6 Å². The summed E-state index contributed by atoms with van der Waals surface area (Å²) in [7, 11) is -3.16. The van der Waals surface area contributed by atoms with Gasteiger partial charge in [0.2, 0.25) is 0 Å². The number of ketones is 1. The van der Waals surface area contributed by atoms with Gasteiger partial charge in [-0.2, -0.15) is 0 Å². The first-order valence-electron chi connectivity index (χ1n) is 4.76. The molecule has 0 radical (unpaired) electrons. The van der Waals surface area contributed by atoms with Crippen LogP contribution in [-0.2, 0) is 9.84 Å². The molecule has 0 amide bonds. The van der Waals surface area contributed by atoms with Gasteiger partial charge in [0.25, 0.3) is 0 Å². The maximum Gasteiger partial charge on any atom is 0.163 e. The minimum Gasteiger partial charge on any atom is -0.294 e. The lowest BCUT2D eigenvalue weighted by molar-refractivity contribution is 0.0988. The van der Waals surface area contributed by atoms with Gasteiger partial charge in [0.1, 0.15) is 15.7 Å². The number of benzene rings is 1. The highest BCUT2D eigenvalue weighted by Gasteiger charge is 2.11. The van der Waals surface area contributed by atoms with E-state index in [0.29, 0.717) is 5.56 Å². The molecule has 0 aliphatic carbocycles. The van der Waals surface area contributed by atoms with E-state index in [9.17, 15) is 17.6 Å². The summed E-state index contributed by atoms with van der Waals surface area (Å²) in [6.45, 7) is 1.60. The average molecular weight is 244 g/mol. The zero-order valence-electron chi connectivity index (χ0n) is 9.16. The summed E-state index contributed by atoms with van der Waals surface area (Å²) in [5.74, 6) is -1.02. The molecular formula is C11H13FO3S. The molecule has 0 heterocycles. The van der Waals surface area contributed by atoms with Crippen molar-refractivity contribution in [2.24, 2.45) is 0 Å². The smallest absolute Gasteiger partial charge is 0.163 e. The second-order valence-electron chi connectivity index (χ2n) is 3.77. The highest BCUT2D eigenvalue weighted by Crippen LogP contribution is 2.11. The number of sulfone groups is 1.